The SMILES string of the molecule is COC(/C=C\Cl)CI. The molecule has 0 saturated carbocycles. The van der Waals surface area contributed by atoms with Crippen LogP contribution in [0.15, 0.2) is 11.6 Å². The summed E-state index contributed by atoms with van der Waals surface area (Å²) in [6.07, 6.45) is 1.99. The average molecular weight is 246 g/mol. The summed E-state index contributed by atoms with van der Waals surface area (Å²) in [6, 6.07) is 0. The van der Waals surface area contributed by atoms with Gasteiger partial charge < -0.3 is 4.74 Å². The third-order valence-corrected chi connectivity index (χ3v) is 1.76. The molecule has 0 aliphatic rings. The largest absolute Gasteiger partial charge is 0.377 e. The van der Waals surface area contributed by atoms with E-state index in [0.717, 1.165) is 4.43 Å². The number of rotatable bonds is 3. The molecule has 0 rings (SSSR count). The van der Waals surface area contributed by atoms with Crippen LogP contribution >= 0.6 is 34.2 Å². The maximum atomic E-state index is 5.29. The van der Waals surface area contributed by atoms with Crippen LogP contribution in [0.3, 0.4) is 0 Å². The van der Waals surface area contributed by atoms with Crippen LogP contribution in [0.5, 0.6) is 0 Å². The normalized spacial score (nSPS) is 14.9. The van der Waals surface area contributed by atoms with Gasteiger partial charge in [-0.3, -0.25) is 0 Å². The van der Waals surface area contributed by atoms with E-state index in [-0.39, 0.29) is 6.10 Å². The van der Waals surface area contributed by atoms with E-state index in [9.17, 15) is 0 Å². The summed E-state index contributed by atoms with van der Waals surface area (Å²) in [5.74, 6) is 0. The van der Waals surface area contributed by atoms with Crippen LogP contribution in [0.25, 0.3) is 0 Å². The van der Waals surface area contributed by atoms with Gasteiger partial charge in [-0.15, -0.1) is 0 Å². The zero-order valence-corrected chi connectivity index (χ0v) is 7.52. The topological polar surface area (TPSA) is 9.23 Å². The van der Waals surface area contributed by atoms with Gasteiger partial charge in [0, 0.05) is 17.1 Å². The summed E-state index contributed by atoms with van der Waals surface area (Å²) in [6.45, 7) is 0. The van der Waals surface area contributed by atoms with Gasteiger partial charge in [0.15, 0.2) is 0 Å². The van der Waals surface area contributed by atoms with Crippen molar-refractivity contribution in [2.24, 2.45) is 0 Å². The highest BCUT2D eigenvalue weighted by molar-refractivity contribution is 14.1. The minimum atomic E-state index is 0.174. The van der Waals surface area contributed by atoms with Crippen LogP contribution < -0.4 is 0 Å². The van der Waals surface area contributed by atoms with Crippen LogP contribution in [0.2, 0.25) is 0 Å². The summed E-state index contributed by atoms with van der Waals surface area (Å²) in [5, 5.41) is 0. The van der Waals surface area contributed by atoms with Crippen LogP contribution in [0.1, 0.15) is 0 Å². The van der Waals surface area contributed by atoms with Crippen molar-refractivity contribution in [2.45, 2.75) is 6.10 Å². The molecule has 0 N–H and O–H groups in total. The Labute approximate surface area is 68.2 Å². The van der Waals surface area contributed by atoms with Crippen molar-refractivity contribution in [1.82, 2.24) is 0 Å². The minimum absolute atomic E-state index is 0.174. The van der Waals surface area contributed by atoms with E-state index in [0.29, 0.717) is 0 Å². The first-order valence-electron chi connectivity index (χ1n) is 2.20. The zero-order valence-electron chi connectivity index (χ0n) is 4.60. The quantitative estimate of drug-likeness (QED) is 0.548. The Hall–Kier alpha value is 0.720. The molecule has 0 aliphatic carbocycles. The molecular weight excluding hydrogens is 238 g/mol. The van der Waals surface area contributed by atoms with Gasteiger partial charge >= 0.3 is 0 Å². The van der Waals surface area contributed by atoms with Crippen molar-refractivity contribution in [3.63, 3.8) is 0 Å². The molecule has 0 bridgehead atoms. The van der Waals surface area contributed by atoms with Crippen molar-refractivity contribution >= 4 is 34.2 Å². The fraction of sp³-hybridized carbons (Fsp3) is 0.600. The number of ether oxygens (including phenoxy) is 1. The average Bonchev–Trinajstić information content (AvgIpc) is 1.83. The summed E-state index contributed by atoms with van der Waals surface area (Å²) < 4.78 is 5.90. The molecule has 0 radical (unpaired) electrons. The molecule has 0 amide bonds. The van der Waals surface area contributed by atoms with E-state index in [2.05, 4.69) is 22.6 Å². The fourth-order valence-electron chi connectivity index (χ4n) is 0.274. The molecule has 0 aromatic heterocycles. The lowest BCUT2D eigenvalue weighted by Crippen LogP contribution is -2.06. The molecule has 0 spiro atoms. The molecule has 8 heavy (non-hydrogen) atoms. The molecule has 0 aliphatic heterocycles. The van der Waals surface area contributed by atoms with Crippen LogP contribution in [0, 0.1) is 0 Å². The summed E-state index contributed by atoms with van der Waals surface area (Å²) >= 11 is 7.53. The first-order valence-corrected chi connectivity index (χ1v) is 4.17. The van der Waals surface area contributed by atoms with Gasteiger partial charge in [0.25, 0.3) is 0 Å². The predicted molar refractivity (Wildman–Crippen MR) is 44.7 cm³/mol. The minimum Gasteiger partial charge on any atom is -0.377 e. The third-order valence-electron chi connectivity index (χ3n) is 0.742. The molecule has 0 fully saturated rings. The molecule has 48 valence electrons. The van der Waals surface area contributed by atoms with Crippen LogP contribution in [-0.2, 0) is 4.74 Å². The number of halogens is 2. The van der Waals surface area contributed by atoms with Gasteiger partial charge in [-0.1, -0.05) is 34.2 Å². The van der Waals surface area contributed by atoms with Crippen molar-refractivity contribution in [1.29, 1.82) is 0 Å². The Morgan fingerprint density at radius 2 is 2.50 bits per heavy atom. The first kappa shape index (κ1) is 8.72. The Bertz CT molecular complexity index is 70.8. The lowest BCUT2D eigenvalue weighted by molar-refractivity contribution is 0.162. The van der Waals surface area contributed by atoms with Gasteiger partial charge in [0.05, 0.1) is 6.10 Å². The second-order valence-corrected chi connectivity index (χ2v) is 2.38. The summed E-state index contributed by atoms with van der Waals surface area (Å²) in [7, 11) is 1.67. The van der Waals surface area contributed by atoms with Gasteiger partial charge in [-0.25, -0.2) is 0 Å². The second-order valence-electron chi connectivity index (χ2n) is 1.25. The van der Waals surface area contributed by atoms with E-state index in [1.807, 2.05) is 6.08 Å². The Balaban J connectivity index is 3.36. The van der Waals surface area contributed by atoms with Crippen LogP contribution in [0.4, 0.5) is 0 Å². The highest BCUT2D eigenvalue weighted by Gasteiger charge is 1.95. The molecule has 0 aromatic carbocycles. The van der Waals surface area contributed by atoms with Crippen molar-refractivity contribution < 1.29 is 4.74 Å². The van der Waals surface area contributed by atoms with Crippen molar-refractivity contribution in [3.8, 4) is 0 Å². The molecule has 0 heterocycles. The van der Waals surface area contributed by atoms with E-state index >= 15 is 0 Å². The van der Waals surface area contributed by atoms with Crippen molar-refractivity contribution in [2.75, 3.05) is 11.5 Å². The highest BCUT2D eigenvalue weighted by atomic mass is 127. The van der Waals surface area contributed by atoms with E-state index in [4.69, 9.17) is 16.3 Å². The van der Waals surface area contributed by atoms with E-state index in [1.54, 1.807) is 7.11 Å². The van der Waals surface area contributed by atoms with Gasteiger partial charge in [0.2, 0.25) is 0 Å². The monoisotopic (exact) mass is 246 g/mol. The standard InChI is InChI=1S/C5H8ClIO/c1-8-5(4-7)2-3-6/h2-3,5H,4H2,1H3/b3-2-. The highest BCUT2D eigenvalue weighted by Crippen LogP contribution is 1.98. The number of alkyl halides is 1. The Kier molecular flexibility index (Phi) is 6.38. The first-order chi connectivity index (χ1) is 3.85. The Morgan fingerprint density at radius 1 is 1.88 bits per heavy atom. The second kappa shape index (κ2) is 5.85. The summed E-state index contributed by atoms with van der Waals surface area (Å²) in [4.78, 5) is 0. The molecule has 1 nitrogen and oxygen atoms in total. The number of methoxy groups -OCH3 is 1. The molecule has 0 saturated heterocycles. The van der Waals surface area contributed by atoms with Crippen molar-refractivity contribution in [3.05, 3.63) is 11.6 Å². The maximum Gasteiger partial charge on any atom is 0.0852 e. The van der Waals surface area contributed by atoms with E-state index in [1.165, 1.54) is 5.54 Å². The van der Waals surface area contributed by atoms with Crippen LogP contribution in [-0.4, -0.2) is 17.6 Å². The van der Waals surface area contributed by atoms with Gasteiger partial charge in [0.1, 0.15) is 0 Å². The number of hydrogen-bond acceptors (Lipinski definition) is 1. The number of hydrogen-bond donors (Lipinski definition) is 0. The molecule has 3 heteroatoms. The predicted octanol–water partition coefficient (Wildman–Crippen LogP) is 2.19. The smallest absolute Gasteiger partial charge is 0.0852 e. The summed E-state index contributed by atoms with van der Waals surface area (Å²) in [5.41, 5.74) is 1.48. The molecular formula is C5H8ClIO. The lowest BCUT2D eigenvalue weighted by atomic mass is 10.4. The van der Waals surface area contributed by atoms with Gasteiger partial charge in [-0.05, 0) is 6.08 Å². The third kappa shape index (κ3) is 3.69. The maximum absolute atomic E-state index is 5.29. The molecule has 1 unspecified atom stereocenters. The molecule has 1 atom stereocenters. The Morgan fingerprint density at radius 3 is 2.62 bits per heavy atom. The van der Waals surface area contributed by atoms with Gasteiger partial charge in [-0.2, -0.15) is 0 Å². The molecule has 0 aromatic rings. The zero-order chi connectivity index (χ0) is 6.41. The lowest BCUT2D eigenvalue weighted by Gasteiger charge is -2.03. The van der Waals surface area contributed by atoms with E-state index < -0.39 is 0 Å². The fourth-order valence-corrected chi connectivity index (χ4v) is 1.09.